The van der Waals surface area contributed by atoms with E-state index in [1.807, 2.05) is 32.0 Å². The Morgan fingerprint density at radius 1 is 1.12 bits per heavy atom. The van der Waals surface area contributed by atoms with Crippen molar-refractivity contribution >= 4 is 40.2 Å². The summed E-state index contributed by atoms with van der Waals surface area (Å²) in [5.74, 6) is 0.262. The highest BCUT2D eigenvalue weighted by Crippen LogP contribution is 2.35. The fourth-order valence-corrected chi connectivity index (χ4v) is 5.12. The van der Waals surface area contributed by atoms with Crippen LogP contribution >= 0.6 is 11.8 Å². The van der Waals surface area contributed by atoms with Crippen LogP contribution in [-0.2, 0) is 15.7 Å². The van der Waals surface area contributed by atoms with Gasteiger partial charge in [-0.05, 0) is 49.7 Å². The molecule has 42 heavy (non-hydrogen) atoms. The number of hydrogen-bond acceptors (Lipinski definition) is 6. The molecule has 3 heterocycles. The number of nitrogens with zero attached hydrogens (tertiary/aromatic N) is 5. The lowest BCUT2D eigenvalue weighted by atomic mass is 10.0. The van der Waals surface area contributed by atoms with E-state index >= 15 is 0 Å². The van der Waals surface area contributed by atoms with E-state index in [0.717, 1.165) is 23.4 Å². The third-order valence-corrected chi connectivity index (χ3v) is 7.46. The largest absolute Gasteiger partial charge is 0.417 e. The van der Waals surface area contributed by atoms with E-state index in [2.05, 4.69) is 20.3 Å². The lowest BCUT2D eigenvalue weighted by Gasteiger charge is -2.23. The van der Waals surface area contributed by atoms with Gasteiger partial charge in [0.05, 0.1) is 28.8 Å². The van der Waals surface area contributed by atoms with Crippen molar-refractivity contribution in [3.63, 3.8) is 0 Å². The minimum Gasteiger partial charge on any atom is -0.377 e. The van der Waals surface area contributed by atoms with Gasteiger partial charge in [-0.3, -0.25) is 14.3 Å². The maximum absolute atomic E-state index is 12.8. The number of aryl methyl sites for hydroxylation is 1. The number of rotatable bonds is 6. The Labute approximate surface area is 243 Å². The molecule has 13 heteroatoms. The number of alkyl halides is 3. The number of aliphatic imine (C=N–C) groups is 1. The zero-order valence-electron chi connectivity index (χ0n) is 22.7. The molecule has 1 atom stereocenters. The van der Waals surface area contributed by atoms with E-state index in [1.54, 1.807) is 37.6 Å². The number of thioether (sulfide) groups is 1. The standard InChI is InChI=1S/C29H25F3N6O3S/c1-17-4-10-22(18(2)41-3)24(12-17)38-26(39)15-42-28(38)36-27(40)35-21-8-5-19(6-9-21)23-14-37(16-34-23)25-11-7-20(13-33-25)29(30,31)32/h4-14,16,18H,15H2,1-3H3,(H,35,40). The van der Waals surface area contributed by atoms with Gasteiger partial charge in [0.15, 0.2) is 5.17 Å². The van der Waals surface area contributed by atoms with Crippen molar-refractivity contribution in [2.75, 3.05) is 23.1 Å². The molecule has 0 saturated carbocycles. The van der Waals surface area contributed by atoms with Crippen molar-refractivity contribution in [2.45, 2.75) is 26.1 Å². The Morgan fingerprint density at radius 2 is 1.88 bits per heavy atom. The lowest BCUT2D eigenvalue weighted by molar-refractivity contribution is -0.137. The van der Waals surface area contributed by atoms with Crippen LogP contribution in [0.1, 0.15) is 29.7 Å². The monoisotopic (exact) mass is 594 g/mol. The summed E-state index contributed by atoms with van der Waals surface area (Å²) in [6.45, 7) is 3.80. The molecule has 216 valence electrons. The average molecular weight is 595 g/mol. The number of methoxy groups -OCH3 is 1. The number of hydrogen-bond donors (Lipinski definition) is 1. The number of carbonyl (C=O) groups is 2. The molecule has 3 amide bonds. The maximum atomic E-state index is 12.8. The van der Waals surface area contributed by atoms with E-state index in [9.17, 15) is 22.8 Å². The number of imidazole rings is 1. The number of anilines is 2. The van der Waals surface area contributed by atoms with Gasteiger partial charge in [0.1, 0.15) is 12.1 Å². The van der Waals surface area contributed by atoms with Crippen molar-refractivity contribution in [1.29, 1.82) is 0 Å². The Balaban J connectivity index is 1.29. The maximum Gasteiger partial charge on any atom is 0.417 e. The van der Waals surface area contributed by atoms with Gasteiger partial charge in [-0.25, -0.2) is 14.8 Å². The Bertz CT molecular complexity index is 1650. The van der Waals surface area contributed by atoms with E-state index in [4.69, 9.17) is 4.74 Å². The van der Waals surface area contributed by atoms with Crippen LogP contribution < -0.4 is 10.2 Å². The van der Waals surface area contributed by atoms with Gasteiger partial charge < -0.3 is 10.1 Å². The number of aromatic nitrogens is 3. The van der Waals surface area contributed by atoms with E-state index < -0.39 is 17.8 Å². The molecule has 1 fully saturated rings. The highest BCUT2D eigenvalue weighted by atomic mass is 32.2. The molecule has 1 aliphatic rings. The van der Waals surface area contributed by atoms with Gasteiger partial charge in [0, 0.05) is 36.3 Å². The molecule has 1 saturated heterocycles. The van der Waals surface area contributed by atoms with Crippen LogP contribution in [0.2, 0.25) is 0 Å². The number of nitrogens with one attached hydrogen (secondary N) is 1. The van der Waals surface area contributed by atoms with Crippen LogP contribution in [-0.4, -0.2) is 44.5 Å². The van der Waals surface area contributed by atoms with Gasteiger partial charge >= 0.3 is 12.2 Å². The summed E-state index contributed by atoms with van der Waals surface area (Å²) < 4.78 is 45.4. The number of halogens is 3. The molecule has 0 aliphatic carbocycles. The van der Waals surface area contributed by atoms with Gasteiger partial charge in [-0.15, -0.1) is 0 Å². The molecule has 0 bridgehead atoms. The number of pyridine rings is 1. The van der Waals surface area contributed by atoms with Crippen molar-refractivity contribution in [2.24, 2.45) is 4.99 Å². The second kappa shape index (κ2) is 11.8. The summed E-state index contributed by atoms with van der Waals surface area (Å²) >= 11 is 1.18. The van der Waals surface area contributed by atoms with E-state index in [-0.39, 0.29) is 28.7 Å². The first-order valence-electron chi connectivity index (χ1n) is 12.7. The fourth-order valence-electron chi connectivity index (χ4n) is 4.27. The first-order chi connectivity index (χ1) is 20.0. The highest BCUT2D eigenvalue weighted by Gasteiger charge is 2.33. The molecule has 9 nitrogen and oxygen atoms in total. The van der Waals surface area contributed by atoms with Crippen LogP contribution in [0.25, 0.3) is 17.1 Å². The molecule has 0 spiro atoms. The predicted molar refractivity (Wildman–Crippen MR) is 155 cm³/mol. The van der Waals surface area contributed by atoms with Crippen molar-refractivity contribution < 1.29 is 27.5 Å². The summed E-state index contributed by atoms with van der Waals surface area (Å²) in [7, 11) is 1.59. The number of amides is 3. The minimum absolute atomic E-state index is 0.157. The van der Waals surface area contributed by atoms with Crippen LogP contribution in [0.15, 0.2) is 78.3 Å². The topological polar surface area (TPSA) is 102 Å². The summed E-state index contributed by atoms with van der Waals surface area (Å²) in [6.07, 6.45) is -0.868. The van der Waals surface area contributed by atoms with Crippen LogP contribution in [0.3, 0.4) is 0 Å². The van der Waals surface area contributed by atoms with E-state index in [1.165, 1.54) is 33.6 Å². The Hall–Kier alpha value is -4.49. The predicted octanol–water partition coefficient (Wildman–Crippen LogP) is 6.64. The number of benzene rings is 2. The molecule has 1 aliphatic heterocycles. The van der Waals surface area contributed by atoms with Crippen molar-refractivity contribution in [1.82, 2.24) is 14.5 Å². The van der Waals surface area contributed by atoms with E-state index in [0.29, 0.717) is 22.6 Å². The third kappa shape index (κ3) is 6.21. The summed E-state index contributed by atoms with van der Waals surface area (Å²) in [6, 6.07) is 14.1. The van der Waals surface area contributed by atoms with Crippen LogP contribution in [0.5, 0.6) is 0 Å². The second-order valence-corrected chi connectivity index (χ2v) is 10.4. The quantitative estimate of drug-likeness (QED) is 0.269. The first kappa shape index (κ1) is 29.0. The zero-order valence-corrected chi connectivity index (χ0v) is 23.5. The number of urea groups is 1. The molecule has 5 rings (SSSR count). The fraction of sp³-hybridized carbons (Fsp3) is 0.207. The van der Waals surface area contributed by atoms with Gasteiger partial charge in [0.2, 0.25) is 5.91 Å². The van der Waals surface area contributed by atoms with Crippen LogP contribution in [0, 0.1) is 6.92 Å². The Morgan fingerprint density at radius 3 is 2.55 bits per heavy atom. The molecular formula is C29H25F3N6O3S. The number of amidine groups is 1. The molecule has 0 radical (unpaired) electrons. The summed E-state index contributed by atoms with van der Waals surface area (Å²) in [5.41, 5.74) is 3.30. The Kier molecular flexibility index (Phi) is 8.14. The number of carbonyl (C=O) groups excluding carboxylic acids is 2. The minimum atomic E-state index is -4.46. The second-order valence-electron chi connectivity index (χ2n) is 9.43. The molecule has 1 unspecified atom stereocenters. The molecule has 2 aromatic carbocycles. The number of ether oxygens (including phenoxy) is 1. The third-order valence-electron chi connectivity index (χ3n) is 6.54. The molecule has 1 N–H and O–H groups in total. The van der Waals surface area contributed by atoms with Gasteiger partial charge in [-0.1, -0.05) is 36.0 Å². The SMILES string of the molecule is COC(C)c1ccc(C)cc1N1C(=O)CSC1=NC(=O)Nc1ccc(-c2cn(-c3ccc(C(F)(F)F)cn3)cn2)cc1. The lowest BCUT2D eigenvalue weighted by Crippen LogP contribution is -2.31. The molecule has 4 aromatic rings. The summed E-state index contributed by atoms with van der Waals surface area (Å²) in [5, 5.41) is 2.98. The van der Waals surface area contributed by atoms with Crippen LogP contribution in [0.4, 0.5) is 29.3 Å². The average Bonchev–Trinajstić information content (AvgIpc) is 3.59. The van der Waals surface area contributed by atoms with Crippen molar-refractivity contribution in [3.05, 3.63) is 90.0 Å². The molecular weight excluding hydrogens is 569 g/mol. The zero-order chi connectivity index (χ0) is 30.0. The molecule has 2 aromatic heterocycles. The normalized spacial score (nSPS) is 15.3. The highest BCUT2D eigenvalue weighted by molar-refractivity contribution is 8.15. The van der Waals surface area contributed by atoms with Gasteiger partial charge in [-0.2, -0.15) is 18.2 Å². The van der Waals surface area contributed by atoms with Gasteiger partial charge in [0.25, 0.3) is 0 Å². The van der Waals surface area contributed by atoms with Crippen molar-refractivity contribution in [3.8, 4) is 17.1 Å². The first-order valence-corrected chi connectivity index (χ1v) is 13.7. The summed E-state index contributed by atoms with van der Waals surface area (Å²) in [4.78, 5) is 39.5. The smallest absolute Gasteiger partial charge is 0.377 e.